The highest BCUT2D eigenvalue weighted by Gasteiger charge is 2.58. The number of amides is 1. The fraction of sp³-hybridized carbons (Fsp3) is 0.625. The van der Waals surface area contributed by atoms with Gasteiger partial charge in [-0.3, -0.25) is 0 Å². The first-order valence-corrected chi connectivity index (χ1v) is 3.83. The molecule has 1 saturated heterocycles. The maximum absolute atomic E-state index is 10.7. The predicted molar refractivity (Wildman–Crippen MR) is 40.1 cm³/mol. The molecule has 2 unspecified atom stereocenters. The lowest BCUT2D eigenvalue weighted by molar-refractivity contribution is 0.176. The van der Waals surface area contributed by atoms with Gasteiger partial charge in [0, 0.05) is 0 Å². The van der Waals surface area contributed by atoms with E-state index in [1.54, 1.807) is 0 Å². The van der Waals surface area contributed by atoms with E-state index in [1.807, 2.05) is 6.08 Å². The quantitative estimate of drug-likeness (QED) is 0.602. The highest BCUT2D eigenvalue weighted by Crippen LogP contribution is 2.48. The molecule has 0 aromatic heterocycles. The fourth-order valence-electron chi connectivity index (χ4n) is 1.69. The molecule has 1 N–H and O–H groups in total. The molecule has 11 heavy (non-hydrogen) atoms. The van der Waals surface area contributed by atoms with E-state index < -0.39 is 0 Å². The number of carbonyl (C=O) groups is 1. The highest BCUT2D eigenvalue weighted by atomic mass is 16.6. The maximum atomic E-state index is 10.7. The molecule has 0 radical (unpaired) electrons. The van der Waals surface area contributed by atoms with Gasteiger partial charge >= 0.3 is 6.09 Å². The van der Waals surface area contributed by atoms with Gasteiger partial charge in [0.2, 0.25) is 0 Å². The van der Waals surface area contributed by atoms with Crippen LogP contribution in [0.25, 0.3) is 0 Å². The van der Waals surface area contributed by atoms with Gasteiger partial charge in [-0.05, 0) is 18.8 Å². The minimum absolute atomic E-state index is 0.00866. The molecule has 2 aliphatic rings. The molecule has 1 heterocycles. The van der Waals surface area contributed by atoms with Crippen LogP contribution in [0.4, 0.5) is 4.79 Å². The van der Waals surface area contributed by atoms with Crippen molar-refractivity contribution < 1.29 is 9.53 Å². The molecule has 0 bridgehead atoms. The number of cyclic esters (lactones) is 1. The number of rotatable bonds is 2. The number of carbonyl (C=O) groups excluding carboxylic acids is 1. The maximum Gasteiger partial charge on any atom is 0.407 e. The normalized spacial score (nSPS) is 40.0. The lowest BCUT2D eigenvalue weighted by Gasteiger charge is -2.02. The summed E-state index contributed by atoms with van der Waals surface area (Å²) in [6.07, 6.45) is 3.65. The summed E-state index contributed by atoms with van der Waals surface area (Å²) in [5, 5.41) is 2.83. The summed E-state index contributed by atoms with van der Waals surface area (Å²) >= 11 is 0. The van der Waals surface area contributed by atoms with Crippen LogP contribution < -0.4 is 5.32 Å². The van der Waals surface area contributed by atoms with Crippen LogP contribution in [0.3, 0.4) is 0 Å². The van der Waals surface area contributed by atoms with E-state index in [0.717, 1.165) is 12.8 Å². The SMILES string of the molecule is C=CCC1CC12COC(=O)N2. The second kappa shape index (κ2) is 2.00. The summed E-state index contributed by atoms with van der Waals surface area (Å²) in [5.74, 6) is 0.562. The second-order valence-corrected chi connectivity index (χ2v) is 3.28. The number of hydrogen-bond donors (Lipinski definition) is 1. The van der Waals surface area contributed by atoms with Gasteiger partial charge in [-0.1, -0.05) is 6.08 Å². The Balaban J connectivity index is 1.96. The fourth-order valence-corrected chi connectivity index (χ4v) is 1.69. The third-order valence-corrected chi connectivity index (χ3v) is 2.50. The predicted octanol–water partition coefficient (Wildman–Crippen LogP) is 1.06. The molecular formula is C8H11NO2. The molecule has 1 spiro atoms. The van der Waals surface area contributed by atoms with E-state index >= 15 is 0 Å². The Morgan fingerprint density at radius 3 is 3.27 bits per heavy atom. The summed E-state index contributed by atoms with van der Waals surface area (Å²) in [6, 6.07) is 0. The number of ether oxygens (including phenoxy) is 1. The molecular weight excluding hydrogens is 142 g/mol. The van der Waals surface area contributed by atoms with Gasteiger partial charge in [0.25, 0.3) is 0 Å². The van der Waals surface area contributed by atoms with E-state index in [4.69, 9.17) is 4.74 Å². The van der Waals surface area contributed by atoms with E-state index in [9.17, 15) is 4.79 Å². The largest absolute Gasteiger partial charge is 0.447 e. The van der Waals surface area contributed by atoms with Crippen molar-refractivity contribution in [3.05, 3.63) is 12.7 Å². The van der Waals surface area contributed by atoms with Crippen molar-refractivity contribution in [2.75, 3.05) is 6.61 Å². The number of hydrogen-bond acceptors (Lipinski definition) is 2. The van der Waals surface area contributed by atoms with Crippen LogP contribution in [0, 0.1) is 5.92 Å². The van der Waals surface area contributed by atoms with Crippen LogP contribution in [-0.2, 0) is 4.74 Å². The zero-order chi connectivity index (χ0) is 7.90. The Labute approximate surface area is 65.4 Å². The molecule has 0 aromatic rings. The molecule has 1 aliphatic heterocycles. The molecule has 0 aromatic carbocycles. The van der Waals surface area contributed by atoms with Crippen LogP contribution in [0.2, 0.25) is 0 Å². The van der Waals surface area contributed by atoms with Gasteiger partial charge in [0.05, 0.1) is 5.54 Å². The average Bonchev–Trinajstić information content (AvgIpc) is 2.46. The van der Waals surface area contributed by atoms with Gasteiger partial charge in [-0.25, -0.2) is 4.79 Å². The Hall–Kier alpha value is -0.990. The standard InChI is InChI=1S/C8H11NO2/c1-2-3-6-4-8(6)5-11-7(10)9-8/h2,6H,1,3-5H2,(H,9,10). The highest BCUT2D eigenvalue weighted by molar-refractivity contribution is 5.71. The Morgan fingerprint density at radius 1 is 1.91 bits per heavy atom. The van der Waals surface area contributed by atoms with Crippen molar-refractivity contribution in [1.29, 1.82) is 0 Å². The molecule has 1 saturated carbocycles. The topological polar surface area (TPSA) is 38.3 Å². The molecule has 3 heteroatoms. The monoisotopic (exact) mass is 153 g/mol. The number of nitrogens with one attached hydrogen (secondary N) is 1. The van der Waals surface area contributed by atoms with Crippen LogP contribution in [0.1, 0.15) is 12.8 Å². The van der Waals surface area contributed by atoms with Gasteiger partial charge in [-0.2, -0.15) is 0 Å². The van der Waals surface area contributed by atoms with Gasteiger partial charge in [0.15, 0.2) is 0 Å². The third-order valence-electron chi connectivity index (χ3n) is 2.50. The van der Waals surface area contributed by atoms with Crippen molar-refractivity contribution in [2.45, 2.75) is 18.4 Å². The summed E-state index contributed by atoms with van der Waals surface area (Å²) in [6.45, 7) is 4.21. The van der Waals surface area contributed by atoms with Gasteiger partial charge < -0.3 is 10.1 Å². The Kier molecular flexibility index (Phi) is 1.22. The number of allylic oxidation sites excluding steroid dienone is 1. The summed E-state index contributed by atoms with van der Waals surface area (Å²) in [7, 11) is 0. The molecule has 2 rings (SSSR count). The molecule has 1 aliphatic carbocycles. The Morgan fingerprint density at radius 2 is 2.73 bits per heavy atom. The van der Waals surface area contributed by atoms with E-state index in [0.29, 0.717) is 12.5 Å². The van der Waals surface area contributed by atoms with Crippen molar-refractivity contribution in [3.63, 3.8) is 0 Å². The molecule has 1 amide bonds. The Bertz CT molecular complexity index is 214. The lowest BCUT2D eigenvalue weighted by atomic mass is 10.2. The van der Waals surface area contributed by atoms with Gasteiger partial charge in [0.1, 0.15) is 6.61 Å². The summed E-state index contributed by atoms with van der Waals surface area (Å²) < 4.78 is 4.82. The zero-order valence-corrected chi connectivity index (χ0v) is 6.30. The summed E-state index contributed by atoms with van der Waals surface area (Å²) in [4.78, 5) is 10.7. The molecule has 2 fully saturated rings. The smallest absolute Gasteiger partial charge is 0.407 e. The third kappa shape index (κ3) is 0.914. The van der Waals surface area contributed by atoms with Crippen LogP contribution >= 0.6 is 0 Å². The summed E-state index contributed by atoms with van der Waals surface area (Å²) in [5.41, 5.74) is -0.00866. The van der Waals surface area contributed by atoms with Gasteiger partial charge in [-0.15, -0.1) is 6.58 Å². The van der Waals surface area contributed by atoms with Crippen molar-refractivity contribution >= 4 is 6.09 Å². The molecule has 3 nitrogen and oxygen atoms in total. The average molecular weight is 153 g/mol. The zero-order valence-electron chi connectivity index (χ0n) is 6.30. The van der Waals surface area contributed by atoms with E-state index in [1.165, 1.54) is 0 Å². The van der Waals surface area contributed by atoms with Crippen molar-refractivity contribution in [2.24, 2.45) is 5.92 Å². The molecule has 2 atom stereocenters. The minimum Gasteiger partial charge on any atom is -0.447 e. The van der Waals surface area contributed by atoms with Crippen molar-refractivity contribution in [3.8, 4) is 0 Å². The van der Waals surface area contributed by atoms with Crippen LogP contribution in [0.15, 0.2) is 12.7 Å². The first kappa shape index (κ1) is 6.70. The number of alkyl carbamates (subject to hydrolysis) is 1. The van der Waals surface area contributed by atoms with Crippen molar-refractivity contribution in [1.82, 2.24) is 5.32 Å². The second-order valence-electron chi connectivity index (χ2n) is 3.28. The first-order valence-electron chi connectivity index (χ1n) is 3.83. The van der Waals surface area contributed by atoms with Crippen LogP contribution in [-0.4, -0.2) is 18.2 Å². The van der Waals surface area contributed by atoms with E-state index in [2.05, 4.69) is 11.9 Å². The van der Waals surface area contributed by atoms with E-state index in [-0.39, 0.29) is 11.6 Å². The first-order chi connectivity index (χ1) is 5.27. The lowest BCUT2D eigenvalue weighted by Crippen LogP contribution is -2.30. The van der Waals surface area contributed by atoms with Crippen LogP contribution in [0.5, 0.6) is 0 Å². The molecule has 60 valence electrons. The minimum atomic E-state index is -0.267.